The van der Waals surface area contributed by atoms with Crippen LogP contribution in [0.3, 0.4) is 0 Å². The van der Waals surface area contributed by atoms with E-state index in [1.54, 1.807) is 6.07 Å². The fraction of sp³-hybridized carbons (Fsp3) is 0.143. The Bertz CT molecular complexity index is 618. The quantitative estimate of drug-likeness (QED) is 0.556. The van der Waals surface area contributed by atoms with Crippen LogP contribution in [0.4, 0.5) is 0 Å². The molecule has 0 N–H and O–H groups in total. The SMILES string of the molecule is Cc1cc(-c2ccc(Cl)c(C)c2Cl)c(Cl)cc1Cl. The monoisotopic (exact) mass is 318 g/mol. The lowest BCUT2D eigenvalue weighted by molar-refractivity contribution is 1.44. The molecule has 0 bridgehead atoms. The first-order chi connectivity index (χ1) is 8.41. The van der Waals surface area contributed by atoms with Crippen molar-refractivity contribution in [1.82, 2.24) is 0 Å². The molecule has 0 aliphatic heterocycles. The van der Waals surface area contributed by atoms with Gasteiger partial charge in [0.25, 0.3) is 0 Å². The summed E-state index contributed by atoms with van der Waals surface area (Å²) >= 11 is 24.6. The van der Waals surface area contributed by atoms with Crippen molar-refractivity contribution in [3.05, 3.63) is 55.5 Å². The molecule has 2 aromatic carbocycles. The molecule has 0 fully saturated rings. The van der Waals surface area contributed by atoms with Gasteiger partial charge in [-0.1, -0.05) is 52.5 Å². The Hall–Kier alpha value is -0.400. The molecule has 18 heavy (non-hydrogen) atoms. The van der Waals surface area contributed by atoms with E-state index in [0.717, 1.165) is 22.3 Å². The second-order valence-electron chi connectivity index (χ2n) is 4.12. The zero-order valence-corrected chi connectivity index (χ0v) is 12.8. The van der Waals surface area contributed by atoms with Crippen LogP contribution in [0.2, 0.25) is 20.1 Å². The first-order valence-electron chi connectivity index (χ1n) is 5.32. The predicted molar refractivity (Wildman–Crippen MR) is 81.4 cm³/mol. The molecule has 0 aliphatic carbocycles. The lowest BCUT2D eigenvalue weighted by atomic mass is 10.0. The van der Waals surface area contributed by atoms with Crippen LogP contribution in [0.1, 0.15) is 11.1 Å². The van der Waals surface area contributed by atoms with Gasteiger partial charge in [0.2, 0.25) is 0 Å². The highest BCUT2D eigenvalue weighted by Crippen LogP contribution is 2.39. The van der Waals surface area contributed by atoms with Crippen molar-refractivity contribution in [3.8, 4) is 11.1 Å². The highest BCUT2D eigenvalue weighted by Gasteiger charge is 2.13. The molecule has 0 saturated carbocycles. The summed E-state index contributed by atoms with van der Waals surface area (Å²) in [6.45, 7) is 3.81. The molecular formula is C14H10Cl4. The number of benzene rings is 2. The second-order valence-corrected chi connectivity index (χ2v) is 5.71. The third-order valence-corrected chi connectivity index (χ3v) is 4.48. The topological polar surface area (TPSA) is 0 Å². The van der Waals surface area contributed by atoms with Crippen LogP contribution in [-0.4, -0.2) is 0 Å². The van der Waals surface area contributed by atoms with Crippen LogP contribution in [0.15, 0.2) is 24.3 Å². The molecule has 0 spiro atoms. The van der Waals surface area contributed by atoms with E-state index in [1.807, 2.05) is 32.0 Å². The molecule has 0 aromatic heterocycles. The zero-order chi connectivity index (χ0) is 13.4. The van der Waals surface area contributed by atoms with Gasteiger partial charge in [0, 0.05) is 26.2 Å². The standard InChI is InChI=1S/C14H10Cl4/c1-7-5-10(13(17)6-12(7)16)9-3-4-11(15)8(2)14(9)18/h3-6H,1-2H3. The minimum absolute atomic E-state index is 0.578. The molecule has 0 radical (unpaired) electrons. The average Bonchev–Trinajstić information content (AvgIpc) is 2.32. The van der Waals surface area contributed by atoms with E-state index in [0.29, 0.717) is 20.1 Å². The molecule has 2 rings (SSSR count). The maximum absolute atomic E-state index is 6.32. The van der Waals surface area contributed by atoms with E-state index in [2.05, 4.69) is 0 Å². The average molecular weight is 320 g/mol. The largest absolute Gasteiger partial charge is 0.0840 e. The number of halogens is 4. The zero-order valence-electron chi connectivity index (χ0n) is 9.82. The van der Waals surface area contributed by atoms with Gasteiger partial charge in [-0.05, 0) is 43.2 Å². The molecule has 2 aromatic rings. The Morgan fingerprint density at radius 1 is 0.722 bits per heavy atom. The molecule has 0 atom stereocenters. The summed E-state index contributed by atoms with van der Waals surface area (Å²) < 4.78 is 0. The predicted octanol–water partition coefficient (Wildman–Crippen LogP) is 6.58. The number of rotatable bonds is 1. The Morgan fingerprint density at radius 3 is 2.06 bits per heavy atom. The van der Waals surface area contributed by atoms with E-state index in [9.17, 15) is 0 Å². The third kappa shape index (κ3) is 2.48. The number of hydrogen-bond donors (Lipinski definition) is 0. The molecule has 0 saturated heterocycles. The van der Waals surface area contributed by atoms with E-state index >= 15 is 0 Å². The maximum Gasteiger partial charge on any atom is 0.0528 e. The number of hydrogen-bond acceptors (Lipinski definition) is 0. The van der Waals surface area contributed by atoms with Crippen molar-refractivity contribution in [1.29, 1.82) is 0 Å². The minimum atomic E-state index is 0.578. The van der Waals surface area contributed by atoms with Crippen LogP contribution >= 0.6 is 46.4 Å². The first-order valence-corrected chi connectivity index (χ1v) is 6.83. The summed E-state index contributed by atoms with van der Waals surface area (Å²) in [5.74, 6) is 0. The Morgan fingerprint density at radius 2 is 1.39 bits per heavy atom. The van der Waals surface area contributed by atoms with Gasteiger partial charge in [0.15, 0.2) is 0 Å². The summed E-state index contributed by atoms with van der Waals surface area (Å²) in [4.78, 5) is 0. The minimum Gasteiger partial charge on any atom is -0.0840 e. The van der Waals surface area contributed by atoms with Crippen molar-refractivity contribution >= 4 is 46.4 Å². The molecule has 4 heteroatoms. The van der Waals surface area contributed by atoms with E-state index in [-0.39, 0.29) is 0 Å². The fourth-order valence-corrected chi connectivity index (χ4v) is 2.69. The molecule has 0 unspecified atom stereocenters. The molecule has 94 valence electrons. The van der Waals surface area contributed by atoms with Gasteiger partial charge in [-0.15, -0.1) is 0 Å². The van der Waals surface area contributed by atoms with Gasteiger partial charge in [-0.25, -0.2) is 0 Å². The van der Waals surface area contributed by atoms with E-state index < -0.39 is 0 Å². The number of aryl methyl sites for hydroxylation is 1. The van der Waals surface area contributed by atoms with Crippen LogP contribution < -0.4 is 0 Å². The summed E-state index contributed by atoms with van der Waals surface area (Å²) in [6, 6.07) is 7.35. The summed E-state index contributed by atoms with van der Waals surface area (Å²) in [7, 11) is 0. The van der Waals surface area contributed by atoms with Gasteiger partial charge >= 0.3 is 0 Å². The van der Waals surface area contributed by atoms with Crippen molar-refractivity contribution in [2.45, 2.75) is 13.8 Å². The molecule has 0 nitrogen and oxygen atoms in total. The van der Waals surface area contributed by atoms with Crippen molar-refractivity contribution in [3.63, 3.8) is 0 Å². The van der Waals surface area contributed by atoms with E-state index in [1.165, 1.54) is 0 Å². The Kier molecular flexibility index (Phi) is 4.13. The summed E-state index contributed by atoms with van der Waals surface area (Å²) in [5, 5.41) is 2.48. The Balaban J connectivity index is 2.70. The fourth-order valence-electron chi connectivity index (χ4n) is 1.73. The highest BCUT2D eigenvalue weighted by molar-refractivity contribution is 6.40. The Labute approximate surface area is 126 Å². The highest BCUT2D eigenvalue weighted by atomic mass is 35.5. The normalized spacial score (nSPS) is 10.8. The second kappa shape index (κ2) is 5.30. The van der Waals surface area contributed by atoms with Gasteiger partial charge in [0.1, 0.15) is 0 Å². The molecule has 0 heterocycles. The van der Waals surface area contributed by atoms with Crippen LogP contribution in [-0.2, 0) is 0 Å². The van der Waals surface area contributed by atoms with Crippen molar-refractivity contribution < 1.29 is 0 Å². The summed E-state index contributed by atoms with van der Waals surface area (Å²) in [5.41, 5.74) is 3.53. The smallest absolute Gasteiger partial charge is 0.0528 e. The lowest BCUT2D eigenvalue weighted by Gasteiger charge is -2.12. The molecular weight excluding hydrogens is 310 g/mol. The van der Waals surface area contributed by atoms with Crippen LogP contribution in [0, 0.1) is 13.8 Å². The molecule has 0 amide bonds. The first kappa shape index (κ1) is 14.0. The van der Waals surface area contributed by atoms with Crippen LogP contribution in [0.25, 0.3) is 11.1 Å². The third-order valence-electron chi connectivity index (χ3n) is 2.86. The van der Waals surface area contributed by atoms with Crippen molar-refractivity contribution in [2.24, 2.45) is 0 Å². The molecule has 0 aliphatic rings. The van der Waals surface area contributed by atoms with Crippen molar-refractivity contribution in [2.75, 3.05) is 0 Å². The van der Waals surface area contributed by atoms with Gasteiger partial charge in [-0.3, -0.25) is 0 Å². The summed E-state index contributed by atoms with van der Waals surface area (Å²) in [6.07, 6.45) is 0. The van der Waals surface area contributed by atoms with Gasteiger partial charge in [0.05, 0.1) is 5.02 Å². The van der Waals surface area contributed by atoms with E-state index in [4.69, 9.17) is 46.4 Å². The maximum atomic E-state index is 6.32. The van der Waals surface area contributed by atoms with Crippen LogP contribution in [0.5, 0.6) is 0 Å². The van der Waals surface area contributed by atoms with Gasteiger partial charge in [-0.2, -0.15) is 0 Å². The lowest BCUT2D eigenvalue weighted by Crippen LogP contribution is -1.87. The van der Waals surface area contributed by atoms with Gasteiger partial charge < -0.3 is 0 Å².